The Kier molecular flexibility index (Phi) is 15.6. The summed E-state index contributed by atoms with van der Waals surface area (Å²) >= 11 is -1.99. The van der Waals surface area contributed by atoms with Crippen molar-refractivity contribution in [2.45, 2.75) is 234 Å². The van der Waals surface area contributed by atoms with E-state index in [-0.39, 0.29) is 14.9 Å². The summed E-state index contributed by atoms with van der Waals surface area (Å²) in [5, 5.41) is 0. The third-order valence-corrected chi connectivity index (χ3v) is 68.3. The van der Waals surface area contributed by atoms with Gasteiger partial charge in [0.15, 0.2) is 0 Å². The van der Waals surface area contributed by atoms with Gasteiger partial charge in [-0.3, -0.25) is 0 Å². The third-order valence-electron chi connectivity index (χ3n) is 14.5. The van der Waals surface area contributed by atoms with E-state index in [9.17, 15) is 0 Å². The predicted molar refractivity (Wildman–Crippen MR) is 221 cm³/mol. The van der Waals surface area contributed by atoms with E-state index in [0.29, 0.717) is 0 Å². The van der Waals surface area contributed by atoms with Crippen LogP contribution in [0.2, 0.25) is 38.4 Å². The molecule has 0 radical (unpaired) electrons. The van der Waals surface area contributed by atoms with Crippen molar-refractivity contribution in [3.8, 4) is 0 Å². The number of hydrogen-bond donors (Lipinski definition) is 0. The van der Waals surface area contributed by atoms with E-state index in [1.54, 1.807) is 173 Å². The van der Waals surface area contributed by atoms with Gasteiger partial charge in [0.2, 0.25) is 0 Å². The molecule has 5 fully saturated rings. The Balaban J connectivity index is 1.57. The van der Waals surface area contributed by atoms with Crippen LogP contribution < -0.4 is 0 Å². The molecule has 0 saturated heterocycles. The van der Waals surface area contributed by atoms with Crippen LogP contribution in [-0.2, 0) is 0 Å². The van der Waals surface area contributed by atoms with Crippen LogP contribution in [0.25, 0.3) is 0 Å². The van der Waals surface area contributed by atoms with Crippen molar-refractivity contribution < 1.29 is 0 Å². The van der Waals surface area contributed by atoms with E-state index in [4.69, 9.17) is 0 Å². The molecule has 0 bridgehead atoms. The quantitative estimate of drug-likeness (QED) is 0.129. The minimum absolute atomic E-state index is 0.243. The van der Waals surface area contributed by atoms with E-state index in [0.717, 1.165) is 5.92 Å². The van der Waals surface area contributed by atoms with Crippen LogP contribution in [0.5, 0.6) is 0 Å². The van der Waals surface area contributed by atoms with E-state index in [1.807, 2.05) is 0 Å². The standard InChI is InChI=1S/C37H72P3Si.3CH3.Sn/c1-41(2,3)40(36-28-15-7-16-29-36,37-30-17-8-18-31-37)38(32-20-19-23-33-21-9-4-10-22-33)39(34-24-11-5-12-25-34)35-26-13-6-14-27-35;;;;/h23,33-37,40H,4-22,24-32H2,1-3H3;3*1H3;. The number of hydrogen-bond acceptors (Lipinski definition) is 0. The molecule has 5 aliphatic rings. The normalized spacial score (nSPS) is 27.1. The van der Waals surface area contributed by atoms with Gasteiger partial charge in [0.25, 0.3) is 0 Å². The zero-order chi connectivity index (χ0) is 31.9. The van der Waals surface area contributed by atoms with Crippen molar-refractivity contribution in [2.24, 2.45) is 5.92 Å². The van der Waals surface area contributed by atoms with Crippen LogP contribution in [0.4, 0.5) is 0 Å². The maximum atomic E-state index is 3.03. The molecule has 0 nitrogen and oxygen atoms in total. The van der Waals surface area contributed by atoms with Gasteiger partial charge < -0.3 is 0 Å². The van der Waals surface area contributed by atoms with Gasteiger partial charge in [-0.1, -0.05) is 0 Å². The van der Waals surface area contributed by atoms with Crippen LogP contribution in [-0.4, -0.2) is 54.9 Å². The van der Waals surface area contributed by atoms with Crippen molar-refractivity contribution in [2.75, 3.05) is 6.16 Å². The monoisotopic (exact) mass is 802 g/mol. The van der Waals surface area contributed by atoms with Crippen LogP contribution in [0.15, 0.2) is 0 Å². The fraction of sp³-hybridized carbons (Fsp3) is 1.00. The SMILES string of the molecule is C[Si](C)(C)[PH](C1CCCCC1)(C1CCCCC1)P(CCC[CH](C1CCCCC1)[Sn]([CH3])([CH3])[CH3])P(C1CCCCC1)C1CCCCC1. The molecule has 0 N–H and O–H groups in total. The molecule has 5 aliphatic carbocycles. The molecule has 264 valence electrons. The van der Waals surface area contributed by atoms with Gasteiger partial charge in [0.05, 0.1) is 0 Å². The van der Waals surface area contributed by atoms with Crippen LogP contribution in [0, 0.1) is 5.92 Å². The fourth-order valence-corrected chi connectivity index (χ4v) is 84.3. The van der Waals surface area contributed by atoms with Crippen molar-refractivity contribution in [1.29, 1.82) is 0 Å². The molecule has 5 saturated carbocycles. The molecular formula is C40H81P3SiSn. The molecule has 0 aromatic rings. The molecule has 0 amide bonds. The van der Waals surface area contributed by atoms with E-state index < -0.39 is 32.6 Å². The second-order valence-corrected chi connectivity index (χ2v) is 62.3. The molecule has 2 unspecified atom stereocenters. The van der Waals surface area contributed by atoms with Crippen molar-refractivity contribution in [3.63, 3.8) is 0 Å². The summed E-state index contributed by atoms with van der Waals surface area (Å²) in [6, 6.07) is 0. The molecule has 5 heteroatoms. The molecule has 0 aliphatic heterocycles. The van der Waals surface area contributed by atoms with Crippen LogP contribution >= 0.6 is 21.4 Å². The average molecular weight is 802 g/mol. The third kappa shape index (κ3) is 9.60. The van der Waals surface area contributed by atoms with Crippen LogP contribution in [0.1, 0.15) is 173 Å². The Morgan fingerprint density at radius 1 is 0.556 bits per heavy atom. The van der Waals surface area contributed by atoms with E-state index in [1.165, 1.54) is 33.0 Å². The first kappa shape index (κ1) is 38.5. The van der Waals surface area contributed by atoms with Gasteiger partial charge in [0.1, 0.15) is 0 Å². The van der Waals surface area contributed by atoms with E-state index in [2.05, 4.69) is 34.5 Å². The van der Waals surface area contributed by atoms with Gasteiger partial charge >= 0.3 is 294 Å². The Morgan fingerprint density at radius 2 is 0.933 bits per heavy atom. The first-order valence-electron chi connectivity index (χ1n) is 21.2. The van der Waals surface area contributed by atoms with Gasteiger partial charge in [-0.15, -0.1) is 0 Å². The van der Waals surface area contributed by atoms with Crippen molar-refractivity contribution in [3.05, 3.63) is 0 Å². The molecule has 0 spiro atoms. The Morgan fingerprint density at radius 3 is 1.31 bits per heavy atom. The van der Waals surface area contributed by atoms with E-state index >= 15 is 0 Å². The summed E-state index contributed by atoms with van der Waals surface area (Å²) < 4.78 is 1.18. The van der Waals surface area contributed by atoms with Gasteiger partial charge in [-0.05, 0) is 0 Å². The maximum absolute atomic E-state index is 3.03. The Labute approximate surface area is 292 Å². The summed E-state index contributed by atoms with van der Waals surface area (Å²) in [6.45, 7) is 7.63. The molecular weight excluding hydrogens is 720 g/mol. The fourth-order valence-electron chi connectivity index (χ4n) is 12.7. The second kappa shape index (κ2) is 18.2. The minimum atomic E-state index is -1.99. The summed E-state index contributed by atoms with van der Waals surface area (Å²) in [4.78, 5) is 8.54. The zero-order valence-corrected chi connectivity index (χ0v) is 38.3. The van der Waals surface area contributed by atoms with Crippen LogP contribution in [0.3, 0.4) is 0 Å². The average Bonchev–Trinajstić information content (AvgIpc) is 3.04. The summed E-state index contributed by atoms with van der Waals surface area (Å²) in [5.74, 6) is 1.12. The Hall–Kier alpha value is 2.31. The van der Waals surface area contributed by atoms with Gasteiger partial charge in [0, 0.05) is 0 Å². The first-order valence-corrected chi connectivity index (χ1v) is 42.6. The topological polar surface area (TPSA) is 0 Å². The molecule has 0 heterocycles. The molecule has 0 aromatic carbocycles. The summed E-state index contributed by atoms with van der Waals surface area (Å²) in [7, 11) is -0.817. The Bertz CT molecular complexity index is 801. The first-order chi connectivity index (χ1) is 21.6. The summed E-state index contributed by atoms with van der Waals surface area (Å²) in [6.07, 6.45) is 45.4. The predicted octanol–water partition coefficient (Wildman–Crippen LogP) is 15.8. The molecule has 2 atom stereocenters. The molecule has 5 rings (SSSR count). The van der Waals surface area contributed by atoms with Crippen molar-refractivity contribution >= 4 is 47.5 Å². The number of rotatable bonds is 13. The van der Waals surface area contributed by atoms with Gasteiger partial charge in [-0.2, -0.15) is 0 Å². The van der Waals surface area contributed by atoms with Gasteiger partial charge in [-0.25, -0.2) is 0 Å². The summed E-state index contributed by atoms with van der Waals surface area (Å²) in [5.41, 5.74) is 4.85. The molecule has 0 aromatic heterocycles. The zero-order valence-electron chi connectivity index (χ0n) is 31.7. The van der Waals surface area contributed by atoms with Crippen molar-refractivity contribution in [1.82, 2.24) is 0 Å². The second-order valence-electron chi connectivity index (χ2n) is 19.3. The molecule has 45 heavy (non-hydrogen) atoms.